The van der Waals surface area contributed by atoms with E-state index in [9.17, 15) is 9.59 Å². The summed E-state index contributed by atoms with van der Waals surface area (Å²) in [6.45, 7) is 7.26. The van der Waals surface area contributed by atoms with Crippen molar-refractivity contribution in [3.63, 3.8) is 0 Å². The van der Waals surface area contributed by atoms with Crippen LogP contribution in [0, 0.1) is 13.8 Å². The van der Waals surface area contributed by atoms with Crippen molar-refractivity contribution >= 4 is 23.4 Å². The number of aryl methyl sites for hydroxylation is 2. The Labute approximate surface area is 175 Å². The molecule has 0 bridgehead atoms. The van der Waals surface area contributed by atoms with Gasteiger partial charge in [0.2, 0.25) is 0 Å². The number of hydrogen-bond acceptors (Lipinski definition) is 5. The molecule has 0 spiro atoms. The largest absolute Gasteiger partial charge is 0.493 e. The number of rotatable bonds is 7. The fourth-order valence-electron chi connectivity index (χ4n) is 2.60. The molecule has 2 N–H and O–H groups in total. The SMILES string of the molecule is COc1cc(C(=O)NNC(=O)COc2c(C)cccc2C)cc(Cl)c1OC(C)C. The Balaban J connectivity index is 1.98. The molecule has 2 aromatic rings. The van der Waals surface area contributed by atoms with Crippen molar-refractivity contribution in [2.45, 2.75) is 33.8 Å². The van der Waals surface area contributed by atoms with Gasteiger partial charge in [0.25, 0.3) is 11.8 Å². The number of carbonyl (C=O) groups excluding carboxylic acids is 2. The molecule has 0 aliphatic rings. The molecule has 29 heavy (non-hydrogen) atoms. The van der Waals surface area contributed by atoms with E-state index < -0.39 is 11.8 Å². The predicted octanol–water partition coefficient (Wildman–Crippen LogP) is 3.59. The molecule has 0 aliphatic carbocycles. The summed E-state index contributed by atoms with van der Waals surface area (Å²) in [7, 11) is 1.45. The highest BCUT2D eigenvalue weighted by molar-refractivity contribution is 6.32. The number of amides is 2. The van der Waals surface area contributed by atoms with Crippen LogP contribution in [0.1, 0.15) is 35.3 Å². The van der Waals surface area contributed by atoms with Crippen LogP contribution in [0.5, 0.6) is 17.2 Å². The van der Waals surface area contributed by atoms with Crippen molar-refractivity contribution in [3.05, 3.63) is 52.0 Å². The number of methoxy groups -OCH3 is 1. The van der Waals surface area contributed by atoms with E-state index in [1.54, 1.807) is 0 Å². The summed E-state index contributed by atoms with van der Waals surface area (Å²) in [5, 5.41) is 0.230. The van der Waals surface area contributed by atoms with Crippen LogP contribution in [0.3, 0.4) is 0 Å². The lowest BCUT2D eigenvalue weighted by Crippen LogP contribution is -2.43. The molecule has 0 fully saturated rings. The Bertz CT molecular complexity index is 879. The summed E-state index contributed by atoms with van der Waals surface area (Å²) in [6, 6.07) is 8.63. The van der Waals surface area contributed by atoms with Gasteiger partial charge in [-0.05, 0) is 51.0 Å². The van der Waals surface area contributed by atoms with E-state index in [4.69, 9.17) is 25.8 Å². The third-order valence-electron chi connectivity index (χ3n) is 3.92. The zero-order chi connectivity index (χ0) is 21.6. The first-order valence-corrected chi connectivity index (χ1v) is 9.43. The summed E-state index contributed by atoms with van der Waals surface area (Å²) in [6.07, 6.45) is -0.114. The number of nitrogens with one attached hydrogen (secondary N) is 2. The molecule has 0 saturated heterocycles. The van der Waals surface area contributed by atoms with Gasteiger partial charge in [-0.1, -0.05) is 29.8 Å². The normalized spacial score (nSPS) is 10.4. The summed E-state index contributed by atoms with van der Waals surface area (Å²) in [5.41, 5.74) is 6.70. The number of carbonyl (C=O) groups is 2. The highest BCUT2D eigenvalue weighted by atomic mass is 35.5. The van der Waals surface area contributed by atoms with Crippen LogP contribution >= 0.6 is 11.6 Å². The minimum absolute atomic E-state index is 0.114. The van der Waals surface area contributed by atoms with Gasteiger partial charge in [0.15, 0.2) is 18.1 Å². The van der Waals surface area contributed by atoms with Crippen LogP contribution in [-0.2, 0) is 4.79 Å². The highest BCUT2D eigenvalue weighted by Gasteiger charge is 2.17. The zero-order valence-corrected chi connectivity index (χ0v) is 17.8. The van der Waals surface area contributed by atoms with Gasteiger partial charge in [0, 0.05) is 5.56 Å². The van der Waals surface area contributed by atoms with Crippen LogP contribution in [0.2, 0.25) is 5.02 Å². The summed E-state index contributed by atoms with van der Waals surface area (Å²) in [4.78, 5) is 24.4. The second-order valence-electron chi connectivity index (χ2n) is 6.67. The van der Waals surface area contributed by atoms with Crippen LogP contribution in [0.4, 0.5) is 0 Å². The minimum atomic E-state index is -0.554. The number of ether oxygens (including phenoxy) is 3. The average Bonchev–Trinajstić information content (AvgIpc) is 2.66. The Hall–Kier alpha value is -2.93. The maximum absolute atomic E-state index is 12.4. The topological polar surface area (TPSA) is 85.9 Å². The molecule has 156 valence electrons. The zero-order valence-electron chi connectivity index (χ0n) is 17.1. The highest BCUT2D eigenvalue weighted by Crippen LogP contribution is 2.37. The van der Waals surface area contributed by atoms with Crippen molar-refractivity contribution in [1.29, 1.82) is 0 Å². The molecule has 0 radical (unpaired) electrons. The van der Waals surface area contributed by atoms with E-state index in [2.05, 4.69) is 10.9 Å². The molecule has 2 rings (SSSR count). The van der Waals surface area contributed by atoms with E-state index in [-0.39, 0.29) is 23.3 Å². The summed E-state index contributed by atoms with van der Waals surface area (Å²) < 4.78 is 16.4. The third-order valence-corrected chi connectivity index (χ3v) is 4.20. The predicted molar refractivity (Wildman–Crippen MR) is 111 cm³/mol. The van der Waals surface area contributed by atoms with E-state index in [1.807, 2.05) is 45.9 Å². The fraction of sp³-hybridized carbons (Fsp3) is 0.333. The molecule has 0 heterocycles. The molecule has 0 atom stereocenters. The number of para-hydroxylation sites is 1. The van der Waals surface area contributed by atoms with Gasteiger partial charge in [0.05, 0.1) is 18.2 Å². The Morgan fingerprint density at radius 3 is 2.31 bits per heavy atom. The molecule has 2 amide bonds. The van der Waals surface area contributed by atoms with Crippen molar-refractivity contribution < 1.29 is 23.8 Å². The molecule has 7 nitrogen and oxygen atoms in total. The maximum atomic E-state index is 12.4. The molecular weight excluding hydrogens is 396 g/mol. The molecule has 0 unspecified atom stereocenters. The molecule has 0 saturated carbocycles. The first-order chi connectivity index (χ1) is 13.7. The van der Waals surface area contributed by atoms with Crippen LogP contribution < -0.4 is 25.1 Å². The van der Waals surface area contributed by atoms with E-state index in [0.29, 0.717) is 17.2 Å². The standard InChI is InChI=1S/C21H25ClN2O5/c1-12(2)29-20-16(22)9-15(10-17(20)27-5)21(26)24-23-18(25)11-28-19-13(3)7-6-8-14(19)4/h6-10,12H,11H2,1-5H3,(H,23,25)(H,24,26). The molecular formula is C21H25ClN2O5. The molecule has 0 aromatic heterocycles. The van der Waals surface area contributed by atoms with Gasteiger partial charge in [-0.2, -0.15) is 0 Å². The van der Waals surface area contributed by atoms with Crippen molar-refractivity contribution in [3.8, 4) is 17.2 Å². The van der Waals surface area contributed by atoms with Crippen LogP contribution in [-0.4, -0.2) is 31.6 Å². The lowest BCUT2D eigenvalue weighted by atomic mass is 10.1. The first kappa shape index (κ1) is 22.4. The Morgan fingerprint density at radius 2 is 1.72 bits per heavy atom. The molecule has 2 aromatic carbocycles. The summed E-state index contributed by atoms with van der Waals surface area (Å²) >= 11 is 6.22. The van der Waals surface area contributed by atoms with Gasteiger partial charge in [-0.15, -0.1) is 0 Å². The smallest absolute Gasteiger partial charge is 0.276 e. The minimum Gasteiger partial charge on any atom is -0.493 e. The molecule has 0 aliphatic heterocycles. The lowest BCUT2D eigenvalue weighted by Gasteiger charge is -2.16. The second-order valence-corrected chi connectivity index (χ2v) is 7.08. The number of halogens is 1. The summed E-state index contributed by atoms with van der Waals surface area (Å²) in [5.74, 6) is 0.263. The van der Waals surface area contributed by atoms with Gasteiger partial charge >= 0.3 is 0 Å². The van der Waals surface area contributed by atoms with Crippen molar-refractivity contribution in [2.24, 2.45) is 0 Å². The first-order valence-electron chi connectivity index (χ1n) is 9.05. The number of hydrazine groups is 1. The van der Waals surface area contributed by atoms with Crippen molar-refractivity contribution in [2.75, 3.05) is 13.7 Å². The van der Waals surface area contributed by atoms with Gasteiger partial charge < -0.3 is 14.2 Å². The van der Waals surface area contributed by atoms with Crippen molar-refractivity contribution in [1.82, 2.24) is 10.9 Å². The van der Waals surface area contributed by atoms with E-state index in [0.717, 1.165) is 11.1 Å². The number of benzene rings is 2. The van der Waals surface area contributed by atoms with Gasteiger partial charge in [-0.25, -0.2) is 0 Å². The fourth-order valence-corrected chi connectivity index (χ4v) is 2.86. The average molecular weight is 421 g/mol. The second kappa shape index (κ2) is 10.0. The molecule has 8 heteroatoms. The van der Waals surface area contributed by atoms with E-state index in [1.165, 1.54) is 19.2 Å². The van der Waals surface area contributed by atoms with Gasteiger partial charge in [-0.3, -0.25) is 20.4 Å². The Kier molecular flexibility index (Phi) is 7.73. The van der Waals surface area contributed by atoms with Crippen LogP contribution in [0.15, 0.2) is 30.3 Å². The van der Waals surface area contributed by atoms with Gasteiger partial charge in [0.1, 0.15) is 5.75 Å². The van der Waals surface area contributed by atoms with Crippen LogP contribution in [0.25, 0.3) is 0 Å². The monoisotopic (exact) mass is 420 g/mol. The number of hydrogen-bond donors (Lipinski definition) is 2. The van der Waals surface area contributed by atoms with E-state index >= 15 is 0 Å². The third kappa shape index (κ3) is 6.02. The lowest BCUT2D eigenvalue weighted by molar-refractivity contribution is -0.123. The quantitative estimate of drug-likeness (QED) is 0.668. The maximum Gasteiger partial charge on any atom is 0.276 e. The Morgan fingerprint density at radius 1 is 1.07 bits per heavy atom.